The van der Waals surface area contributed by atoms with Crippen molar-refractivity contribution in [2.24, 2.45) is 16.8 Å². The summed E-state index contributed by atoms with van der Waals surface area (Å²) in [6.45, 7) is 11.1. The predicted octanol–water partition coefficient (Wildman–Crippen LogP) is 2.26. The van der Waals surface area contributed by atoms with Gasteiger partial charge < -0.3 is 25.2 Å². The molecule has 0 bridgehead atoms. The lowest BCUT2D eigenvalue weighted by Gasteiger charge is -2.17. The Labute approximate surface area is 165 Å². The quantitative estimate of drug-likeness (QED) is 0.161. The first-order chi connectivity index (χ1) is 11.1. The van der Waals surface area contributed by atoms with Crippen molar-refractivity contribution in [3.8, 4) is 0 Å². The Balaban J connectivity index is 0. The van der Waals surface area contributed by atoms with Gasteiger partial charge in [0.1, 0.15) is 0 Å². The maximum atomic E-state index is 9.18. The average Bonchev–Trinajstić information content (AvgIpc) is 2.51. The Bertz CT molecular complexity index is 292. The first-order valence-corrected chi connectivity index (χ1v) is 8.83. The van der Waals surface area contributed by atoms with Crippen molar-refractivity contribution in [2.45, 2.75) is 40.0 Å². The molecule has 0 aromatic rings. The normalized spacial score (nSPS) is 12.8. The summed E-state index contributed by atoms with van der Waals surface area (Å²) in [5.41, 5.74) is 0. The summed E-state index contributed by atoms with van der Waals surface area (Å²) in [5, 5.41) is 15.8. The minimum atomic E-state index is 0. The first kappa shape index (κ1) is 26.1. The van der Waals surface area contributed by atoms with Gasteiger partial charge in [-0.1, -0.05) is 13.8 Å². The van der Waals surface area contributed by atoms with E-state index < -0.39 is 0 Å². The largest absolute Gasteiger partial charge is 0.396 e. The fourth-order valence-corrected chi connectivity index (χ4v) is 2.32. The number of ether oxygens (including phenoxy) is 2. The molecule has 0 heterocycles. The average molecular weight is 459 g/mol. The second-order valence-corrected chi connectivity index (χ2v) is 6.11. The molecule has 0 rings (SSSR count). The third-order valence-corrected chi connectivity index (χ3v) is 3.38. The summed E-state index contributed by atoms with van der Waals surface area (Å²) in [7, 11) is 1.67. The molecular weight excluding hydrogens is 421 g/mol. The molecule has 3 N–H and O–H groups in total. The molecule has 0 aliphatic carbocycles. The smallest absolute Gasteiger partial charge is 0.191 e. The number of rotatable bonds is 14. The van der Waals surface area contributed by atoms with Gasteiger partial charge in [-0.05, 0) is 38.0 Å². The molecule has 0 saturated carbocycles. The molecule has 0 aliphatic rings. The van der Waals surface area contributed by atoms with E-state index >= 15 is 0 Å². The monoisotopic (exact) mass is 459 g/mol. The third-order valence-electron chi connectivity index (χ3n) is 3.38. The molecule has 0 fully saturated rings. The molecule has 0 aliphatic heterocycles. The number of hydrogen-bond donors (Lipinski definition) is 3. The molecule has 0 radical (unpaired) electrons. The summed E-state index contributed by atoms with van der Waals surface area (Å²) < 4.78 is 10.4. The van der Waals surface area contributed by atoms with Gasteiger partial charge in [0.15, 0.2) is 5.96 Å². The molecular formula is C17H38IN3O3. The molecule has 0 aromatic heterocycles. The van der Waals surface area contributed by atoms with E-state index in [1.54, 1.807) is 7.11 Å². The van der Waals surface area contributed by atoms with E-state index in [1.807, 2.05) is 0 Å². The Hall–Kier alpha value is -0.120. The zero-order valence-electron chi connectivity index (χ0n) is 15.8. The van der Waals surface area contributed by atoms with Crippen LogP contribution >= 0.6 is 24.0 Å². The molecule has 1 atom stereocenters. The molecule has 0 spiro atoms. The Morgan fingerprint density at radius 2 is 1.92 bits per heavy atom. The Morgan fingerprint density at radius 1 is 1.17 bits per heavy atom. The van der Waals surface area contributed by atoms with E-state index in [0.29, 0.717) is 25.0 Å². The highest BCUT2D eigenvalue weighted by atomic mass is 127. The van der Waals surface area contributed by atoms with Crippen molar-refractivity contribution in [2.75, 3.05) is 53.2 Å². The highest BCUT2D eigenvalue weighted by Gasteiger charge is 2.10. The number of halogens is 1. The van der Waals surface area contributed by atoms with Crippen LogP contribution < -0.4 is 10.6 Å². The van der Waals surface area contributed by atoms with Crippen molar-refractivity contribution < 1.29 is 14.6 Å². The van der Waals surface area contributed by atoms with Crippen molar-refractivity contribution >= 4 is 29.9 Å². The van der Waals surface area contributed by atoms with Gasteiger partial charge in [-0.2, -0.15) is 0 Å². The van der Waals surface area contributed by atoms with Crippen LogP contribution in [0.3, 0.4) is 0 Å². The predicted molar refractivity (Wildman–Crippen MR) is 111 cm³/mol. The third kappa shape index (κ3) is 16.7. The number of hydrogen-bond acceptors (Lipinski definition) is 4. The minimum Gasteiger partial charge on any atom is -0.396 e. The standard InChI is InChI=1S/C17H37N3O3.HI/c1-5-18-17(19-8-6-10-23-12-11-22-4)20-14-16(7-9-21)13-15(2)3;/h15-16,21H,5-14H2,1-4H3,(H2,18,19,20);1H. The summed E-state index contributed by atoms with van der Waals surface area (Å²) in [4.78, 5) is 4.66. The van der Waals surface area contributed by atoms with Gasteiger partial charge in [-0.25, -0.2) is 0 Å². The van der Waals surface area contributed by atoms with Gasteiger partial charge >= 0.3 is 0 Å². The lowest BCUT2D eigenvalue weighted by Crippen LogP contribution is -2.38. The van der Waals surface area contributed by atoms with Crippen LogP contribution in [0.5, 0.6) is 0 Å². The van der Waals surface area contributed by atoms with E-state index in [-0.39, 0.29) is 30.6 Å². The van der Waals surface area contributed by atoms with E-state index in [9.17, 15) is 5.11 Å². The van der Waals surface area contributed by atoms with Gasteiger partial charge in [0.05, 0.1) is 13.2 Å². The molecule has 1 unspecified atom stereocenters. The van der Waals surface area contributed by atoms with Crippen LogP contribution in [-0.2, 0) is 9.47 Å². The number of nitrogens with one attached hydrogen (secondary N) is 2. The fourth-order valence-electron chi connectivity index (χ4n) is 2.32. The highest BCUT2D eigenvalue weighted by Crippen LogP contribution is 2.15. The minimum absolute atomic E-state index is 0. The van der Waals surface area contributed by atoms with Crippen LogP contribution in [0.25, 0.3) is 0 Å². The van der Waals surface area contributed by atoms with E-state index in [0.717, 1.165) is 51.5 Å². The number of aliphatic hydroxyl groups is 1. The van der Waals surface area contributed by atoms with Gasteiger partial charge in [0, 0.05) is 40.0 Å². The number of nitrogens with zero attached hydrogens (tertiary/aromatic N) is 1. The number of aliphatic imine (C=N–C) groups is 1. The SMILES string of the molecule is CCNC(=NCC(CCO)CC(C)C)NCCCOCCOC.I. The topological polar surface area (TPSA) is 75.1 Å². The van der Waals surface area contributed by atoms with Crippen LogP contribution in [0.15, 0.2) is 4.99 Å². The van der Waals surface area contributed by atoms with Crippen LogP contribution in [0.4, 0.5) is 0 Å². The zero-order valence-corrected chi connectivity index (χ0v) is 18.2. The lowest BCUT2D eigenvalue weighted by molar-refractivity contribution is 0.0698. The van der Waals surface area contributed by atoms with E-state index in [2.05, 4.69) is 36.4 Å². The second-order valence-electron chi connectivity index (χ2n) is 6.11. The van der Waals surface area contributed by atoms with Gasteiger partial charge in [0.25, 0.3) is 0 Å². The molecule has 6 nitrogen and oxygen atoms in total. The fraction of sp³-hybridized carbons (Fsp3) is 0.941. The first-order valence-electron chi connectivity index (χ1n) is 8.83. The molecule has 7 heteroatoms. The zero-order chi connectivity index (χ0) is 17.3. The van der Waals surface area contributed by atoms with Crippen LogP contribution in [0.2, 0.25) is 0 Å². The molecule has 146 valence electrons. The van der Waals surface area contributed by atoms with Crippen LogP contribution in [0.1, 0.15) is 40.0 Å². The Kier molecular flexibility index (Phi) is 20.9. The highest BCUT2D eigenvalue weighted by molar-refractivity contribution is 14.0. The number of guanidine groups is 1. The van der Waals surface area contributed by atoms with Crippen molar-refractivity contribution in [1.82, 2.24) is 10.6 Å². The second kappa shape index (κ2) is 19.2. The van der Waals surface area contributed by atoms with Crippen LogP contribution in [0, 0.1) is 11.8 Å². The van der Waals surface area contributed by atoms with Crippen molar-refractivity contribution in [1.29, 1.82) is 0 Å². The van der Waals surface area contributed by atoms with Gasteiger partial charge in [0.2, 0.25) is 0 Å². The Morgan fingerprint density at radius 3 is 2.50 bits per heavy atom. The summed E-state index contributed by atoms with van der Waals surface area (Å²) in [6, 6.07) is 0. The summed E-state index contributed by atoms with van der Waals surface area (Å²) in [6.07, 6.45) is 2.84. The maximum Gasteiger partial charge on any atom is 0.191 e. The molecule has 0 aromatic carbocycles. The van der Waals surface area contributed by atoms with Crippen molar-refractivity contribution in [3.05, 3.63) is 0 Å². The summed E-state index contributed by atoms with van der Waals surface area (Å²) in [5.74, 6) is 1.91. The molecule has 24 heavy (non-hydrogen) atoms. The maximum absolute atomic E-state index is 9.18. The van der Waals surface area contributed by atoms with E-state index in [1.165, 1.54) is 0 Å². The van der Waals surface area contributed by atoms with Crippen molar-refractivity contribution in [3.63, 3.8) is 0 Å². The van der Waals surface area contributed by atoms with Crippen LogP contribution in [-0.4, -0.2) is 64.2 Å². The van der Waals surface area contributed by atoms with E-state index in [4.69, 9.17) is 9.47 Å². The van der Waals surface area contributed by atoms with Gasteiger partial charge in [-0.15, -0.1) is 24.0 Å². The lowest BCUT2D eigenvalue weighted by atomic mass is 9.94. The number of methoxy groups -OCH3 is 1. The van der Waals surface area contributed by atoms with Gasteiger partial charge in [-0.3, -0.25) is 4.99 Å². The molecule has 0 saturated heterocycles. The molecule has 0 amide bonds. The summed E-state index contributed by atoms with van der Waals surface area (Å²) >= 11 is 0. The number of aliphatic hydroxyl groups excluding tert-OH is 1.